The molecular weight excluding hydrogens is 180 g/mol. The molecule has 0 aromatic carbocycles. The normalized spacial score (nSPS) is 29.6. The highest BCUT2D eigenvalue weighted by molar-refractivity contribution is 5.81. The van der Waals surface area contributed by atoms with Crippen molar-refractivity contribution >= 4 is 5.91 Å². The molecule has 14 heavy (non-hydrogen) atoms. The number of ether oxygens (including phenoxy) is 1. The Morgan fingerprint density at radius 2 is 2.43 bits per heavy atom. The van der Waals surface area contributed by atoms with Crippen LogP contribution in [0.2, 0.25) is 0 Å². The van der Waals surface area contributed by atoms with Gasteiger partial charge in [0.25, 0.3) is 0 Å². The molecule has 3 N–H and O–H groups in total. The molecule has 1 fully saturated rings. The Balaban J connectivity index is 2.32. The average Bonchev–Trinajstić information content (AvgIpc) is 2.16. The highest BCUT2D eigenvalue weighted by Crippen LogP contribution is 2.13. The van der Waals surface area contributed by atoms with Crippen molar-refractivity contribution < 1.29 is 9.53 Å². The molecule has 2 unspecified atom stereocenters. The van der Waals surface area contributed by atoms with E-state index in [1.807, 2.05) is 13.8 Å². The van der Waals surface area contributed by atoms with Crippen LogP contribution in [0.3, 0.4) is 0 Å². The van der Waals surface area contributed by atoms with Gasteiger partial charge in [-0.3, -0.25) is 4.79 Å². The van der Waals surface area contributed by atoms with Gasteiger partial charge >= 0.3 is 0 Å². The van der Waals surface area contributed by atoms with E-state index in [9.17, 15) is 4.79 Å². The van der Waals surface area contributed by atoms with Crippen LogP contribution in [-0.4, -0.2) is 30.7 Å². The molecule has 0 spiro atoms. The minimum absolute atomic E-state index is 0.0356. The van der Waals surface area contributed by atoms with Crippen LogP contribution < -0.4 is 11.1 Å². The van der Waals surface area contributed by atoms with E-state index in [0.717, 1.165) is 19.4 Å². The molecule has 0 radical (unpaired) electrons. The van der Waals surface area contributed by atoms with Gasteiger partial charge in [0.1, 0.15) is 0 Å². The Kier molecular flexibility index (Phi) is 4.35. The molecule has 0 aromatic heterocycles. The molecule has 1 heterocycles. The van der Waals surface area contributed by atoms with Crippen LogP contribution >= 0.6 is 0 Å². The summed E-state index contributed by atoms with van der Waals surface area (Å²) in [5.74, 6) is -0.0356. The van der Waals surface area contributed by atoms with Crippen LogP contribution in [0.5, 0.6) is 0 Å². The van der Waals surface area contributed by atoms with Crippen molar-refractivity contribution in [1.82, 2.24) is 5.32 Å². The summed E-state index contributed by atoms with van der Waals surface area (Å²) in [6, 6.07) is -0.128. The van der Waals surface area contributed by atoms with E-state index in [-0.39, 0.29) is 24.1 Å². The molecule has 1 aliphatic rings. The fourth-order valence-electron chi connectivity index (χ4n) is 1.62. The Labute approximate surface area is 85.2 Å². The van der Waals surface area contributed by atoms with Crippen molar-refractivity contribution in [1.29, 1.82) is 0 Å². The van der Waals surface area contributed by atoms with Crippen LogP contribution in [-0.2, 0) is 9.53 Å². The first-order valence-electron chi connectivity index (χ1n) is 5.31. The van der Waals surface area contributed by atoms with Crippen molar-refractivity contribution in [2.24, 2.45) is 5.73 Å². The van der Waals surface area contributed by atoms with Crippen LogP contribution in [0.1, 0.15) is 33.1 Å². The van der Waals surface area contributed by atoms with E-state index in [0.29, 0.717) is 6.42 Å². The molecule has 0 aromatic rings. The third kappa shape index (κ3) is 3.27. The van der Waals surface area contributed by atoms with E-state index in [1.54, 1.807) is 0 Å². The highest BCUT2D eigenvalue weighted by Gasteiger charge is 2.22. The van der Waals surface area contributed by atoms with Crippen molar-refractivity contribution in [3.8, 4) is 0 Å². The number of nitrogens with one attached hydrogen (secondary N) is 1. The fraction of sp³-hybridized carbons (Fsp3) is 0.900. The number of amides is 1. The third-order valence-electron chi connectivity index (χ3n) is 2.61. The predicted molar refractivity (Wildman–Crippen MR) is 54.8 cm³/mol. The second-order valence-electron chi connectivity index (χ2n) is 3.93. The van der Waals surface area contributed by atoms with E-state index in [2.05, 4.69) is 5.32 Å². The molecule has 0 bridgehead atoms. The number of rotatable bonds is 3. The van der Waals surface area contributed by atoms with Crippen LogP contribution in [0.4, 0.5) is 0 Å². The summed E-state index contributed by atoms with van der Waals surface area (Å²) >= 11 is 0. The molecule has 1 aliphatic heterocycles. The van der Waals surface area contributed by atoms with E-state index in [4.69, 9.17) is 10.5 Å². The van der Waals surface area contributed by atoms with Crippen LogP contribution in [0.15, 0.2) is 0 Å². The topological polar surface area (TPSA) is 64.4 Å². The lowest BCUT2D eigenvalue weighted by molar-refractivity contribution is -0.124. The number of carbonyl (C=O) groups excluding carboxylic acids is 1. The second-order valence-corrected chi connectivity index (χ2v) is 3.93. The lowest BCUT2D eigenvalue weighted by atomic mass is 10.0. The van der Waals surface area contributed by atoms with Gasteiger partial charge < -0.3 is 15.8 Å². The van der Waals surface area contributed by atoms with Crippen molar-refractivity contribution in [2.75, 3.05) is 6.61 Å². The SMILES string of the molecule is CC[C@@H](N)C(=O)NC1CCOC(C)C1. The average molecular weight is 200 g/mol. The van der Waals surface area contributed by atoms with Gasteiger partial charge in [-0.25, -0.2) is 0 Å². The lowest BCUT2D eigenvalue weighted by Gasteiger charge is -2.28. The Morgan fingerprint density at radius 3 is 3.00 bits per heavy atom. The molecule has 1 rings (SSSR count). The maximum Gasteiger partial charge on any atom is 0.237 e. The fourth-order valence-corrected chi connectivity index (χ4v) is 1.62. The molecule has 1 amide bonds. The molecule has 4 heteroatoms. The summed E-state index contributed by atoms with van der Waals surface area (Å²) in [4.78, 5) is 11.5. The third-order valence-corrected chi connectivity index (χ3v) is 2.61. The zero-order chi connectivity index (χ0) is 10.6. The van der Waals surface area contributed by atoms with Gasteiger partial charge in [0.2, 0.25) is 5.91 Å². The molecule has 0 aliphatic carbocycles. The predicted octanol–water partition coefficient (Wildman–Crippen LogP) is 0.407. The van der Waals surface area contributed by atoms with Crippen LogP contribution in [0.25, 0.3) is 0 Å². The number of hydrogen-bond donors (Lipinski definition) is 2. The Hall–Kier alpha value is -0.610. The molecule has 0 saturated carbocycles. The Morgan fingerprint density at radius 1 is 1.71 bits per heavy atom. The zero-order valence-electron chi connectivity index (χ0n) is 8.95. The summed E-state index contributed by atoms with van der Waals surface area (Å²) < 4.78 is 5.39. The highest BCUT2D eigenvalue weighted by atomic mass is 16.5. The monoisotopic (exact) mass is 200 g/mol. The minimum Gasteiger partial charge on any atom is -0.378 e. The van der Waals surface area contributed by atoms with Gasteiger partial charge in [0.15, 0.2) is 0 Å². The summed E-state index contributed by atoms with van der Waals surface area (Å²) in [6.45, 7) is 4.67. The number of nitrogens with two attached hydrogens (primary N) is 1. The maximum absolute atomic E-state index is 11.5. The number of carbonyl (C=O) groups is 1. The van der Waals surface area contributed by atoms with Crippen molar-refractivity contribution in [3.63, 3.8) is 0 Å². The zero-order valence-corrected chi connectivity index (χ0v) is 8.95. The quantitative estimate of drug-likeness (QED) is 0.693. The van der Waals surface area contributed by atoms with Crippen LogP contribution in [0, 0.1) is 0 Å². The summed E-state index contributed by atoms with van der Waals surface area (Å²) in [5.41, 5.74) is 5.63. The summed E-state index contributed by atoms with van der Waals surface area (Å²) in [5, 5.41) is 2.96. The van der Waals surface area contributed by atoms with Gasteiger partial charge in [-0.1, -0.05) is 6.92 Å². The molecular formula is C10H20N2O2. The summed E-state index contributed by atoms with van der Waals surface area (Å²) in [6.07, 6.45) is 2.71. The lowest BCUT2D eigenvalue weighted by Crippen LogP contribution is -2.47. The Bertz CT molecular complexity index is 197. The van der Waals surface area contributed by atoms with Gasteiger partial charge in [-0.05, 0) is 26.2 Å². The molecule has 1 saturated heterocycles. The first-order chi connectivity index (χ1) is 6.63. The molecule has 4 nitrogen and oxygen atoms in total. The molecule has 3 atom stereocenters. The minimum atomic E-state index is -0.367. The standard InChI is InChI=1S/C10H20N2O2/c1-3-9(11)10(13)12-8-4-5-14-7(2)6-8/h7-9H,3-6,11H2,1-2H3,(H,12,13)/t7?,8?,9-/m1/s1. The second kappa shape index (κ2) is 5.32. The summed E-state index contributed by atoms with van der Waals surface area (Å²) in [7, 11) is 0. The van der Waals surface area contributed by atoms with E-state index in [1.165, 1.54) is 0 Å². The first-order valence-corrected chi connectivity index (χ1v) is 5.31. The van der Waals surface area contributed by atoms with E-state index >= 15 is 0 Å². The van der Waals surface area contributed by atoms with E-state index < -0.39 is 0 Å². The van der Waals surface area contributed by atoms with Gasteiger partial charge in [-0.15, -0.1) is 0 Å². The molecule has 82 valence electrons. The smallest absolute Gasteiger partial charge is 0.237 e. The largest absolute Gasteiger partial charge is 0.378 e. The number of hydrogen-bond acceptors (Lipinski definition) is 3. The van der Waals surface area contributed by atoms with Crippen molar-refractivity contribution in [2.45, 2.75) is 51.3 Å². The van der Waals surface area contributed by atoms with Crippen molar-refractivity contribution in [3.05, 3.63) is 0 Å². The first kappa shape index (κ1) is 11.5. The van der Waals surface area contributed by atoms with Gasteiger partial charge in [0.05, 0.1) is 12.1 Å². The van der Waals surface area contributed by atoms with Gasteiger partial charge in [0, 0.05) is 12.6 Å². The van der Waals surface area contributed by atoms with Gasteiger partial charge in [-0.2, -0.15) is 0 Å². The maximum atomic E-state index is 11.5.